The number of carbonyl (C=O) groups excluding carboxylic acids is 2. The van der Waals surface area contributed by atoms with Crippen LogP contribution in [-0.4, -0.2) is 52.8 Å². The minimum atomic E-state index is 0.00325. The van der Waals surface area contributed by atoms with Gasteiger partial charge < -0.3 is 9.80 Å². The lowest BCUT2D eigenvalue weighted by atomic mass is 10.1. The summed E-state index contributed by atoms with van der Waals surface area (Å²) in [6.45, 7) is 4.06. The Kier molecular flexibility index (Phi) is 4.59. The Bertz CT molecular complexity index is 993. The van der Waals surface area contributed by atoms with Crippen molar-refractivity contribution in [3.63, 3.8) is 0 Å². The van der Waals surface area contributed by atoms with Crippen LogP contribution in [0.1, 0.15) is 26.4 Å². The maximum Gasteiger partial charge on any atom is 0.254 e. The van der Waals surface area contributed by atoms with Crippen molar-refractivity contribution >= 4 is 22.7 Å². The smallest absolute Gasteiger partial charge is 0.254 e. The first kappa shape index (κ1) is 17.2. The van der Waals surface area contributed by atoms with Gasteiger partial charge in [0, 0.05) is 42.8 Å². The van der Waals surface area contributed by atoms with Crippen molar-refractivity contribution in [2.75, 3.05) is 26.2 Å². The number of fused-ring (bicyclic) bond motifs is 1. The van der Waals surface area contributed by atoms with Gasteiger partial charge >= 0.3 is 0 Å². The number of benzene rings is 2. The molecule has 0 saturated carbocycles. The molecule has 4 rings (SSSR count). The van der Waals surface area contributed by atoms with Crippen molar-refractivity contribution in [3.05, 3.63) is 77.5 Å². The molecule has 1 aromatic heterocycles. The second-order valence-corrected chi connectivity index (χ2v) is 6.78. The lowest BCUT2D eigenvalue weighted by Gasteiger charge is -2.35. The minimum absolute atomic E-state index is 0.00325. The highest BCUT2D eigenvalue weighted by Gasteiger charge is 2.26. The zero-order valence-electron chi connectivity index (χ0n) is 15.3. The molecule has 1 fully saturated rings. The van der Waals surface area contributed by atoms with Crippen LogP contribution in [0.2, 0.25) is 0 Å². The van der Waals surface area contributed by atoms with Crippen molar-refractivity contribution in [1.29, 1.82) is 0 Å². The molecule has 0 N–H and O–H groups in total. The third-order valence-electron chi connectivity index (χ3n) is 4.95. The molecule has 0 unspecified atom stereocenters. The summed E-state index contributed by atoms with van der Waals surface area (Å²) in [7, 11) is 0. The number of aryl methyl sites for hydroxylation is 1. The molecule has 5 heteroatoms. The molecule has 27 heavy (non-hydrogen) atoms. The van der Waals surface area contributed by atoms with Crippen LogP contribution in [0.15, 0.2) is 60.7 Å². The van der Waals surface area contributed by atoms with Gasteiger partial charge in [0.05, 0.1) is 11.1 Å². The van der Waals surface area contributed by atoms with E-state index in [0.717, 1.165) is 16.6 Å². The molecule has 1 saturated heterocycles. The molecule has 136 valence electrons. The summed E-state index contributed by atoms with van der Waals surface area (Å²) in [6.07, 6.45) is 0. The monoisotopic (exact) mass is 359 g/mol. The van der Waals surface area contributed by atoms with Crippen LogP contribution in [0.25, 0.3) is 10.9 Å². The van der Waals surface area contributed by atoms with E-state index >= 15 is 0 Å². The summed E-state index contributed by atoms with van der Waals surface area (Å²) in [5.74, 6) is 0.0245. The molecule has 1 aliphatic rings. The number of hydrogen-bond acceptors (Lipinski definition) is 3. The molecule has 2 heterocycles. The van der Waals surface area contributed by atoms with E-state index < -0.39 is 0 Å². The zero-order chi connectivity index (χ0) is 18.8. The molecule has 2 aromatic carbocycles. The molecule has 1 aliphatic heterocycles. The van der Waals surface area contributed by atoms with E-state index in [4.69, 9.17) is 0 Å². The van der Waals surface area contributed by atoms with Crippen LogP contribution in [0.3, 0.4) is 0 Å². The average Bonchev–Trinajstić information content (AvgIpc) is 2.73. The fourth-order valence-electron chi connectivity index (χ4n) is 3.53. The third kappa shape index (κ3) is 3.40. The van der Waals surface area contributed by atoms with Crippen molar-refractivity contribution in [2.24, 2.45) is 0 Å². The van der Waals surface area contributed by atoms with Crippen molar-refractivity contribution in [1.82, 2.24) is 14.8 Å². The highest BCUT2D eigenvalue weighted by molar-refractivity contribution is 6.06. The van der Waals surface area contributed by atoms with Gasteiger partial charge in [-0.3, -0.25) is 14.6 Å². The molecule has 0 atom stereocenters. The average molecular weight is 359 g/mol. The fraction of sp³-hybridized carbons (Fsp3) is 0.227. The number of pyridine rings is 1. The van der Waals surface area contributed by atoms with Gasteiger partial charge in [0.1, 0.15) is 0 Å². The third-order valence-corrected chi connectivity index (χ3v) is 4.95. The van der Waals surface area contributed by atoms with Gasteiger partial charge in [0.2, 0.25) is 0 Å². The van der Waals surface area contributed by atoms with Crippen molar-refractivity contribution in [2.45, 2.75) is 6.92 Å². The zero-order valence-corrected chi connectivity index (χ0v) is 15.3. The van der Waals surface area contributed by atoms with Gasteiger partial charge in [0.15, 0.2) is 0 Å². The Morgan fingerprint density at radius 3 is 2.11 bits per heavy atom. The summed E-state index contributed by atoms with van der Waals surface area (Å²) in [4.78, 5) is 33.8. The first-order valence-electron chi connectivity index (χ1n) is 9.13. The SMILES string of the molecule is Cc1cc(C(=O)N2CCN(C(=O)c3ccccc3)CC2)c2ccccc2n1. The number of amides is 2. The molecule has 5 nitrogen and oxygen atoms in total. The highest BCUT2D eigenvalue weighted by atomic mass is 16.2. The largest absolute Gasteiger partial charge is 0.335 e. The number of aromatic nitrogens is 1. The van der Waals surface area contributed by atoms with Crippen LogP contribution in [-0.2, 0) is 0 Å². The van der Waals surface area contributed by atoms with Gasteiger partial charge in [0.25, 0.3) is 11.8 Å². The highest BCUT2D eigenvalue weighted by Crippen LogP contribution is 2.21. The van der Waals surface area contributed by atoms with Gasteiger partial charge in [-0.25, -0.2) is 0 Å². The first-order valence-corrected chi connectivity index (χ1v) is 9.13. The summed E-state index contributed by atoms with van der Waals surface area (Å²) < 4.78 is 0. The molecular weight excluding hydrogens is 338 g/mol. The fourth-order valence-corrected chi connectivity index (χ4v) is 3.53. The Labute approximate surface area is 158 Å². The second-order valence-electron chi connectivity index (χ2n) is 6.78. The maximum absolute atomic E-state index is 13.1. The van der Waals surface area contributed by atoms with E-state index in [-0.39, 0.29) is 11.8 Å². The summed E-state index contributed by atoms with van der Waals surface area (Å²) in [5, 5.41) is 0.871. The number of hydrogen-bond donors (Lipinski definition) is 0. The van der Waals surface area contributed by atoms with Crippen molar-refractivity contribution in [3.8, 4) is 0 Å². The van der Waals surface area contributed by atoms with Crippen LogP contribution >= 0.6 is 0 Å². The van der Waals surface area contributed by atoms with E-state index in [2.05, 4.69) is 4.98 Å². The van der Waals surface area contributed by atoms with Crippen LogP contribution in [0.4, 0.5) is 0 Å². The number of piperazine rings is 1. The topological polar surface area (TPSA) is 53.5 Å². The Balaban J connectivity index is 1.50. The Morgan fingerprint density at radius 1 is 0.815 bits per heavy atom. The Morgan fingerprint density at radius 2 is 1.41 bits per heavy atom. The Hall–Kier alpha value is -3.21. The molecular formula is C22H21N3O2. The molecule has 0 bridgehead atoms. The van der Waals surface area contributed by atoms with E-state index in [1.54, 1.807) is 0 Å². The van der Waals surface area contributed by atoms with Gasteiger partial charge in [-0.15, -0.1) is 0 Å². The number of rotatable bonds is 2. The standard InChI is InChI=1S/C22H21N3O2/c1-16-15-19(18-9-5-6-10-20(18)23-16)22(27)25-13-11-24(12-14-25)21(26)17-7-3-2-4-8-17/h2-10,15H,11-14H2,1H3. The van der Waals surface area contributed by atoms with E-state index in [1.165, 1.54) is 0 Å². The molecule has 0 spiro atoms. The van der Waals surface area contributed by atoms with Crippen LogP contribution in [0.5, 0.6) is 0 Å². The van der Waals surface area contributed by atoms with Crippen LogP contribution < -0.4 is 0 Å². The molecule has 0 radical (unpaired) electrons. The molecule has 2 amide bonds. The maximum atomic E-state index is 13.1. The number of carbonyl (C=O) groups is 2. The second kappa shape index (κ2) is 7.19. The van der Waals surface area contributed by atoms with E-state index in [9.17, 15) is 9.59 Å². The predicted octanol–water partition coefficient (Wildman–Crippen LogP) is 3.14. The van der Waals surface area contributed by atoms with Gasteiger partial charge in [-0.2, -0.15) is 0 Å². The first-order chi connectivity index (χ1) is 13.1. The summed E-state index contributed by atoms with van der Waals surface area (Å²) in [6, 6.07) is 18.8. The normalized spacial score (nSPS) is 14.4. The quantitative estimate of drug-likeness (QED) is 0.706. The lowest BCUT2D eigenvalue weighted by Crippen LogP contribution is -2.50. The summed E-state index contributed by atoms with van der Waals surface area (Å²) in [5.41, 5.74) is 3.03. The lowest BCUT2D eigenvalue weighted by molar-refractivity contribution is 0.0536. The van der Waals surface area contributed by atoms with Crippen LogP contribution in [0, 0.1) is 6.92 Å². The molecule has 3 aromatic rings. The van der Waals surface area contributed by atoms with Gasteiger partial charge in [-0.05, 0) is 31.2 Å². The van der Waals surface area contributed by atoms with E-state index in [1.807, 2.05) is 77.4 Å². The minimum Gasteiger partial charge on any atom is -0.335 e. The van der Waals surface area contributed by atoms with Gasteiger partial charge in [-0.1, -0.05) is 36.4 Å². The van der Waals surface area contributed by atoms with E-state index in [0.29, 0.717) is 37.3 Å². The summed E-state index contributed by atoms with van der Waals surface area (Å²) >= 11 is 0. The number of nitrogens with zero attached hydrogens (tertiary/aromatic N) is 3. The predicted molar refractivity (Wildman–Crippen MR) is 105 cm³/mol. The molecule has 0 aliphatic carbocycles. The van der Waals surface area contributed by atoms with Crippen molar-refractivity contribution < 1.29 is 9.59 Å². The number of para-hydroxylation sites is 1.